The van der Waals surface area contributed by atoms with Crippen molar-refractivity contribution in [3.05, 3.63) is 35.9 Å². The van der Waals surface area contributed by atoms with Gasteiger partial charge in [-0.05, 0) is 24.3 Å². The van der Waals surface area contributed by atoms with Crippen LogP contribution in [0, 0.1) is 5.92 Å². The van der Waals surface area contributed by atoms with Crippen molar-refractivity contribution >= 4 is 16.7 Å². The number of aliphatic hydroxyl groups excluding tert-OH is 1. The van der Waals surface area contributed by atoms with Crippen molar-refractivity contribution in [3.8, 4) is 0 Å². The lowest BCUT2D eigenvalue weighted by Gasteiger charge is -2.25. The second-order valence-corrected chi connectivity index (χ2v) is 7.36. The van der Waals surface area contributed by atoms with Crippen molar-refractivity contribution in [2.45, 2.75) is 25.9 Å². The monoisotopic (exact) mass is 309 g/mol. The second-order valence-electron chi connectivity index (χ2n) is 5.74. The van der Waals surface area contributed by atoms with Crippen LogP contribution in [-0.4, -0.2) is 50.8 Å². The van der Waals surface area contributed by atoms with Crippen LogP contribution < -0.4 is 0 Å². The first-order valence-electron chi connectivity index (χ1n) is 7.42. The fourth-order valence-electron chi connectivity index (χ4n) is 2.62. The molecule has 2 rings (SSSR count). The van der Waals surface area contributed by atoms with E-state index >= 15 is 0 Å². The normalized spacial score (nSPS) is 24.4. The fraction of sp³-hybridized carbons (Fsp3) is 0.562. The Balaban J connectivity index is 1.88. The summed E-state index contributed by atoms with van der Waals surface area (Å²) in [5, 5.41) is 10.1. The minimum absolute atomic E-state index is 0.221. The van der Waals surface area contributed by atoms with Crippen LogP contribution in [-0.2, 0) is 22.0 Å². The van der Waals surface area contributed by atoms with Gasteiger partial charge in [-0.25, -0.2) is 0 Å². The van der Waals surface area contributed by atoms with Gasteiger partial charge in [0.2, 0.25) is 0 Å². The Kier molecular flexibility index (Phi) is 5.94. The Bertz CT molecular complexity index is 492. The van der Waals surface area contributed by atoms with Crippen LogP contribution in [0.2, 0.25) is 0 Å². The van der Waals surface area contributed by atoms with E-state index in [9.17, 15) is 14.1 Å². The molecule has 1 N–H and O–H groups in total. The molecule has 3 unspecified atom stereocenters. The van der Waals surface area contributed by atoms with Gasteiger partial charge in [-0.1, -0.05) is 37.3 Å². The molecular weight excluding hydrogens is 286 g/mol. The molecule has 0 radical (unpaired) electrons. The smallest absolute Gasteiger partial charge is 0.251 e. The average Bonchev–Trinajstić information content (AvgIpc) is 2.65. The third kappa shape index (κ3) is 4.93. The average molecular weight is 309 g/mol. The van der Waals surface area contributed by atoms with E-state index in [0.717, 1.165) is 5.56 Å². The minimum atomic E-state index is -0.969. The Labute approximate surface area is 128 Å². The lowest BCUT2D eigenvalue weighted by Crippen LogP contribution is -2.42. The number of hydrogen-bond donors (Lipinski definition) is 1. The molecule has 0 saturated carbocycles. The molecule has 1 saturated heterocycles. The molecule has 3 atom stereocenters. The number of amides is 1. The number of rotatable bonds is 4. The molecule has 0 bridgehead atoms. The standard InChI is InChI=1S/C16H23NO3S/c1-13-11-17(9-10-21(20)12-13)16(19)15(18)8-7-14-5-3-2-4-6-14/h2-6,13,15,18H,7-12H2,1H3. The molecule has 1 aliphatic heterocycles. The molecule has 0 aromatic heterocycles. The molecule has 116 valence electrons. The first-order chi connectivity index (χ1) is 10.1. The number of hydrogen-bond acceptors (Lipinski definition) is 3. The second kappa shape index (κ2) is 7.71. The van der Waals surface area contributed by atoms with Crippen LogP contribution in [0.5, 0.6) is 0 Å². The number of nitrogens with zero attached hydrogens (tertiary/aromatic N) is 1. The van der Waals surface area contributed by atoms with Crippen LogP contribution in [0.1, 0.15) is 18.9 Å². The van der Waals surface area contributed by atoms with Gasteiger partial charge < -0.3 is 10.0 Å². The van der Waals surface area contributed by atoms with Gasteiger partial charge >= 0.3 is 0 Å². The minimum Gasteiger partial charge on any atom is -0.383 e. The summed E-state index contributed by atoms with van der Waals surface area (Å²) in [6, 6.07) is 9.84. The summed E-state index contributed by atoms with van der Waals surface area (Å²) < 4.78 is 11.7. The Morgan fingerprint density at radius 2 is 2.14 bits per heavy atom. The summed E-state index contributed by atoms with van der Waals surface area (Å²) in [5.74, 6) is 1.15. The number of carbonyl (C=O) groups excluding carboxylic acids is 1. The SMILES string of the molecule is CC1CN(C(=O)C(O)CCc2ccccc2)CCS(=O)C1. The number of carbonyl (C=O) groups is 1. The van der Waals surface area contributed by atoms with Crippen LogP contribution in [0.3, 0.4) is 0 Å². The van der Waals surface area contributed by atoms with Gasteiger partial charge in [0.15, 0.2) is 0 Å². The molecule has 1 fully saturated rings. The van der Waals surface area contributed by atoms with E-state index in [-0.39, 0.29) is 11.8 Å². The topological polar surface area (TPSA) is 57.6 Å². The maximum absolute atomic E-state index is 12.3. The molecule has 1 aromatic rings. The molecule has 4 nitrogen and oxygen atoms in total. The first-order valence-corrected chi connectivity index (χ1v) is 8.91. The van der Waals surface area contributed by atoms with E-state index in [0.29, 0.717) is 37.4 Å². The van der Waals surface area contributed by atoms with Crippen molar-refractivity contribution in [1.29, 1.82) is 0 Å². The van der Waals surface area contributed by atoms with E-state index in [1.807, 2.05) is 37.3 Å². The Hall–Kier alpha value is -1.20. The van der Waals surface area contributed by atoms with Gasteiger partial charge in [-0.15, -0.1) is 0 Å². The van der Waals surface area contributed by atoms with E-state index in [4.69, 9.17) is 0 Å². The highest BCUT2D eigenvalue weighted by Crippen LogP contribution is 2.12. The Morgan fingerprint density at radius 3 is 2.86 bits per heavy atom. The van der Waals surface area contributed by atoms with Gasteiger partial charge in [0.25, 0.3) is 5.91 Å². The largest absolute Gasteiger partial charge is 0.383 e. The van der Waals surface area contributed by atoms with Crippen LogP contribution in [0.15, 0.2) is 30.3 Å². The molecule has 1 aromatic carbocycles. The lowest BCUT2D eigenvalue weighted by atomic mass is 10.1. The predicted molar refractivity (Wildman–Crippen MR) is 84.4 cm³/mol. The summed E-state index contributed by atoms with van der Waals surface area (Å²) in [7, 11) is -0.847. The summed E-state index contributed by atoms with van der Waals surface area (Å²) >= 11 is 0. The molecule has 1 heterocycles. The summed E-state index contributed by atoms with van der Waals surface area (Å²) in [4.78, 5) is 14.0. The number of benzene rings is 1. The highest BCUT2D eigenvalue weighted by Gasteiger charge is 2.26. The summed E-state index contributed by atoms with van der Waals surface area (Å²) in [6.07, 6.45) is 0.142. The molecule has 0 aliphatic carbocycles. The molecule has 21 heavy (non-hydrogen) atoms. The maximum Gasteiger partial charge on any atom is 0.251 e. The highest BCUT2D eigenvalue weighted by molar-refractivity contribution is 7.85. The number of aliphatic hydroxyl groups is 1. The molecular formula is C16H23NO3S. The van der Waals surface area contributed by atoms with Gasteiger partial charge in [-0.3, -0.25) is 9.00 Å². The highest BCUT2D eigenvalue weighted by atomic mass is 32.2. The predicted octanol–water partition coefficient (Wildman–Crippen LogP) is 1.21. The van der Waals surface area contributed by atoms with E-state index in [1.165, 1.54) is 0 Å². The van der Waals surface area contributed by atoms with Crippen LogP contribution >= 0.6 is 0 Å². The summed E-state index contributed by atoms with van der Waals surface area (Å²) in [6.45, 7) is 3.07. The van der Waals surface area contributed by atoms with Gasteiger partial charge in [0.05, 0.1) is 0 Å². The molecule has 5 heteroatoms. The van der Waals surface area contributed by atoms with Gasteiger partial charge in [0, 0.05) is 35.4 Å². The van der Waals surface area contributed by atoms with Crippen LogP contribution in [0.25, 0.3) is 0 Å². The first kappa shape index (κ1) is 16.2. The van der Waals surface area contributed by atoms with Crippen molar-refractivity contribution < 1.29 is 14.1 Å². The van der Waals surface area contributed by atoms with Crippen molar-refractivity contribution in [2.75, 3.05) is 24.6 Å². The lowest BCUT2D eigenvalue weighted by molar-refractivity contribution is -0.140. The van der Waals surface area contributed by atoms with Gasteiger partial charge in [0.1, 0.15) is 6.10 Å². The zero-order valence-electron chi connectivity index (χ0n) is 12.4. The van der Waals surface area contributed by atoms with E-state index in [1.54, 1.807) is 4.90 Å². The van der Waals surface area contributed by atoms with Crippen molar-refractivity contribution in [3.63, 3.8) is 0 Å². The van der Waals surface area contributed by atoms with Crippen LogP contribution in [0.4, 0.5) is 0 Å². The molecule has 0 spiro atoms. The summed E-state index contributed by atoms with van der Waals surface area (Å²) in [5.41, 5.74) is 1.12. The van der Waals surface area contributed by atoms with E-state index < -0.39 is 16.9 Å². The zero-order valence-corrected chi connectivity index (χ0v) is 13.2. The third-order valence-corrected chi connectivity index (χ3v) is 5.32. The van der Waals surface area contributed by atoms with Crippen molar-refractivity contribution in [1.82, 2.24) is 4.90 Å². The Morgan fingerprint density at radius 1 is 1.43 bits per heavy atom. The number of aryl methyl sites for hydroxylation is 1. The quantitative estimate of drug-likeness (QED) is 0.909. The molecule has 1 aliphatic rings. The van der Waals surface area contributed by atoms with E-state index in [2.05, 4.69) is 0 Å². The van der Waals surface area contributed by atoms with Gasteiger partial charge in [-0.2, -0.15) is 0 Å². The maximum atomic E-state index is 12.3. The molecule has 1 amide bonds. The third-order valence-electron chi connectivity index (χ3n) is 3.74. The zero-order chi connectivity index (χ0) is 15.2. The fourth-order valence-corrected chi connectivity index (χ4v) is 3.95. The van der Waals surface area contributed by atoms with Crippen molar-refractivity contribution in [2.24, 2.45) is 5.92 Å².